The molecule has 1 aromatic heterocycles. The van der Waals surface area contributed by atoms with Crippen LogP contribution in [0.3, 0.4) is 0 Å². The van der Waals surface area contributed by atoms with Crippen LogP contribution in [0.5, 0.6) is 0 Å². The van der Waals surface area contributed by atoms with Crippen molar-refractivity contribution in [1.29, 1.82) is 0 Å². The molecule has 8 nitrogen and oxygen atoms in total. The fraction of sp³-hybridized carbons (Fsp3) is 0.353. The van der Waals surface area contributed by atoms with Crippen molar-refractivity contribution in [2.45, 2.75) is 33.2 Å². The van der Waals surface area contributed by atoms with Gasteiger partial charge in [0.05, 0.1) is 33.6 Å². The molecule has 3 aliphatic heterocycles. The molecule has 2 saturated heterocycles. The van der Waals surface area contributed by atoms with Gasteiger partial charge in [0.15, 0.2) is 0 Å². The highest BCUT2D eigenvalue weighted by molar-refractivity contribution is 7.18. The maximum Gasteiger partial charge on any atom is 0.264 e. The lowest BCUT2D eigenvalue weighted by atomic mass is 9.93. The molecule has 0 spiro atoms. The molecule has 0 radical (unpaired) electrons. The molecule has 0 N–H and O–H groups in total. The van der Waals surface area contributed by atoms with E-state index in [4.69, 9.17) is 0 Å². The summed E-state index contributed by atoms with van der Waals surface area (Å²) >= 11 is 1.51. The van der Waals surface area contributed by atoms with Crippen molar-refractivity contribution in [3.8, 4) is 0 Å². The third kappa shape index (κ3) is 5.05. The van der Waals surface area contributed by atoms with Gasteiger partial charge < -0.3 is 14.7 Å². The van der Waals surface area contributed by atoms with Gasteiger partial charge in [-0.3, -0.25) is 19.3 Å². The average Bonchev–Trinajstić information content (AvgIpc) is 3.56. The van der Waals surface area contributed by atoms with Crippen molar-refractivity contribution < 1.29 is 14.4 Å². The first-order valence-electron chi connectivity index (χ1n) is 15.1. The van der Waals surface area contributed by atoms with Crippen molar-refractivity contribution in [3.63, 3.8) is 0 Å². The van der Waals surface area contributed by atoms with Crippen molar-refractivity contribution in [3.05, 3.63) is 87.9 Å². The summed E-state index contributed by atoms with van der Waals surface area (Å²) in [6.07, 6.45) is 1.47. The molecule has 0 atom stereocenters. The van der Waals surface area contributed by atoms with Gasteiger partial charge in [-0.25, -0.2) is 4.98 Å². The van der Waals surface area contributed by atoms with Crippen LogP contribution in [0.25, 0.3) is 10.2 Å². The predicted molar refractivity (Wildman–Crippen MR) is 170 cm³/mol. The van der Waals surface area contributed by atoms with Gasteiger partial charge in [-0.05, 0) is 68.1 Å². The van der Waals surface area contributed by atoms with Gasteiger partial charge >= 0.3 is 0 Å². The number of hydrogen-bond donors (Lipinski definition) is 0. The average molecular weight is 594 g/mol. The van der Waals surface area contributed by atoms with Crippen LogP contribution in [0.1, 0.15) is 49.7 Å². The van der Waals surface area contributed by atoms with Gasteiger partial charge in [-0.1, -0.05) is 30.3 Å². The lowest BCUT2D eigenvalue weighted by molar-refractivity contribution is -0.136. The zero-order valence-corrected chi connectivity index (χ0v) is 25.4. The van der Waals surface area contributed by atoms with Gasteiger partial charge in [0.25, 0.3) is 11.8 Å². The van der Waals surface area contributed by atoms with Crippen molar-refractivity contribution >= 4 is 50.6 Å². The van der Waals surface area contributed by atoms with Gasteiger partial charge in [0, 0.05) is 50.9 Å². The standard InChI is InChI=1S/C34H35N5O3S/c1-22-10-11-23(2)28(20-22)37-16-18-38(19-17-37)32(40)24-12-14-36(15-13-24)27-8-5-6-25-31(27)34(42)39(33(25)41)21-30-35-26-7-3-4-9-29(26)43-30/h3-11,20,24H,12-19,21H2,1-2H3. The van der Waals surface area contributed by atoms with E-state index in [0.717, 1.165) is 59.9 Å². The molecule has 43 heavy (non-hydrogen) atoms. The van der Waals surface area contributed by atoms with Crippen molar-refractivity contribution in [2.75, 3.05) is 49.1 Å². The van der Waals surface area contributed by atoms with Crippen molar-refractivity contribution in [2.24, 2.45) is 5.92 Å². The van der Waals surface area contributed by atoms with Crippen LogP contribution < -0.4 is 9.80 Å². The Labute approximate surface area is 255 Å². The highest BCUT2D eigenvalue weighted by Gasteiger charge is 2.40. The normalized spacial score (nSPS) is 17.7. The van der Waals surface area contributed by atoms with E-state index in [9.17, 15) is 14.4 Å². The summed E-state index contributed by atoms with van der Waals surface area (Å²) in [6.45, 7) is 8.93. The van der Waals surface area contributed by atoms with Crippen LogP contribution in [0.4, 0.5) is 11.4 Å². The Kier molecular flexibility index (Phi) is 7.13. The molecule has 3 aliphatic rings. The minimum atomic E-state index is -0.272. The van der Waals surface area contributed by atoms with Gasteiger partial charge in [-0.15, -0.1) is 11.3 Å². The molecular formula is C34H35N5O3S. The molecule has 0 saturated carbocycles. The van der Waals surface area contributed by atoms with Crippen LogP contribution in [-0.4, -0.2) is 71.8 Å². The second-order valence-corrected chi connectivity index (χ2v) is 13.0. The SMILES string of the molecule is Cc1ccc(C)c(N2CCN(C(=O)C3CCN(c4cccc5c4C(=O)N(Cc4nc6ccccc6s4)C5=O)CC3)CC2)c1. The van der Waals surface area contributed by atoms with Crippen LogP contribution in [0, 0.1) is 19.8 Å². The first-order valence-corrected chi connectivity index (χ1v) is 15.9. The second kappa shape index (κ2) is 11.1. The molecule has 3 amide bonds. The summed E-state index contributed by atoms with van der Waals surface area (Å²) in [5.41, 5.74) is 6.37. The maximum atomic E-state index is 13.6. The molecule has 3 aromatic carbocycles. The molecule has 2 fully saturated rings. The van der Waals surface area contributed by atoms with E-state index < -0.39 is 0 Å². The van der Waals surface area contributed by atoms with Crippen molar-refractivity contribution in [1.82, 2.24) is 14.8 Å². The number of aromatic nitrogens is 1. The summed E-state index contributed by atoms with van der Waals surface area (Å²) in [5.74, 6) is -0.319. The highest BCUT2D eigenvalue weighted by Crippen LogP contribution is 2.36. The summed E-state index contributed by atoms with van der Waals surface area (Å²) in [6, 6.07) is 19.9. The molecule has 0 aliphatic carbocycles. The number of anilines is 2. The predicted octanol–water partition coefficient (Wildman–Crippen LogP) is 5.27. The number of nitrogens with zero attached hydrogens (tertiary/aromatic N) is 5. The van der Waals surface area contributed by atoms with E-state index in [2.05, 4.69) is 46.8 Å². The van der Waals surface area contributed by atoms with E-state index in [-0.39, 0.29) is 30.2 Å². The lowest BCUT2D eigenvalue weighted by Gasteiger charge is -2.40. The van der Waals surface area contributed by atoms with Gasteiger partial charge in [-0.2, -0.15) is 0 Å². The quantitative estimate of drug-likeness (QED) is 0.294. The summed E-state index contributed by atoms with van der Waals surface area (Å²) in [7, 11) is 0. The number of para-hydroxylation sites is 1. The fourth-order valence-corrected chi connectivity index (χ4v) is 7.66. The number of thiazole rings is 1. The molecule has 0 bridgehead atoms. The number of carbonyl (C=O) groups is 3. The number of rotatable bonds is 5. The number of piperidine rings is 1. The number of amides is 3. The summed E-state index contributed by atoms with van der Waals surface area (Å²) in [4.78, 5) is 53.0. The van der Waals surface area contributed by atoms with E-state index in [0.29, 0.717) is 24.2 Å². The third-order valence-corrected chi connectivity index (χ3v) is 10.1. The first kappa shape index (κ1) is 27.6. The Bertz CT molecular complexity index is 1700. The molecular weight excluding hydrogens is 558 g/mol. The van der Waals surface area contributed by atoms with E-state index >= 15 is 0 Å². The van der Waals surface area contributed by atoms with Crippen LogP contribution in [0.2, 0.25) is 0 Å². The molecule has 7 rings (SSSR count). The number of carbonyl (C=O) groups excluding carboxylic acids is 3. The zero-order valence-electron chi connectivity index (χ0n) is 24.6. The number of hydrogen-bond acceptors (Lipinski definition) is 7. The minimum absolute atomic E-state index is 0.0202. The summed E-state index contributed by atoms with van der Waals surface area (Å²) in [5, 5.41) is 0.742. The Morgan fingerprint density at radius 1 is 0.837 bits per heavy atom. The van der Waals surface area contributed by atoms with E-state index in [1.165, 1.54) is 33.1 Å². The molecule has 4 aromatic rings. The number of aryl methyl sites for hydroxylation is 2. The van der Waals surface area contributed by atoms with Crippen LogP contribution in [0.15, 0.2) is 60.7 Å². The minimum Gasteiger partial charge on any atom is -0.371 e. The number of fused-ring (bicyclic) bond motifs is 2. The largest absolute Gasteiger partial charge is 0.371 e. The number of benzene rings is 3. The molecule has 0 unspecified atom stereocenters. The van der Waals surface area contributed by atoms with Crippen LogP contribution in [-0.2, 0) is 11.3 Å². The number of imide groups is 1. The van der Waals surface area contributed by atoms with E-state index in [1.807, 2.05) is 41.3 Å². The molecule has 220 valence electrons. The molecule has 9 heteroatoms. The van der Waals surface area contributed by atoms with Crippen LogP contribution >= 0.6 is 11.3 Å². The Balaban J connectivity index is 0.992. The first-order chi connectivity index (χ1) is 20.9. The van der Waals surface area contributed by atoms with Gasteiger partial charge in [0.1, 0.15) is 5.01 Å². The Hall–Kier alpha value is -4.24. The van der Waals surface area contributed by atoms with E-state index in [1.54, 1.807) is 6.07 Å². The molecule has 4 heterocycles. The number of piperazine rings is 1. The lowest BCUT2D eigenvalue weighted by Crippen LogP contribution is -2.52. The topological polar surface area (TPSA) is 77.1 Å². The second-order valence-electron chi connectivity index (χ2n) is 11.8. The summed E-state index contributed by atoms with van der Waals surface area (Å²) < 4.78 is 1.04. The third-order valence-electron chi connectivity index (χ3n) is 9.09. The monoisotopic (exact) mass is 593 g/mol. The Morgan fingerprint density at radius 3 is 2.35 bits per heavy atom. The Morgan fingerprint density at radius 2 is 1.58 bits per heavy atom. The smallest absolute Gasteiger partial charge is 0.264 e. The van der Waals surface area contributed by atoms with Gasteiger partial charge in [0.2, 0.25) is 5.91 Å². The maximum absolute atomic E-state index is 13.6. The highest BCUT2D eigenvalue weighted by atomic mass is 32.1. The zero-order chi connectivity index (χ0) is 29.7. The fourth-order valence-electron chi connectivity index (χ4n) is 6.70.